The van der Waals surface area contributed by atoms with E-state index in [2.05, 4.69) is 15.1 Å². The number of nitrogens with one attached hydrogen (secondary N) is 1. The van der Waals surface area contributed by atoms with Crippen molar-refractivity contribution in [2.75, 3.05) is 31.1 Å². The second-order valence-corrected chi connectivity index (χ2v) is 13.7. The summed E-state index contributed by atoms with van der Waals surface area (Å²) in [6.07, 6.45) is 8.99. The first-order valence-electron chi connectivity index (χ1n) is 16.0. The van der Waals surface area contributed by atoms with Gasteiger partial charge in [0.1, 0.15) is 29.4 Å². The molecule has 0 spiro atoms. The zero-order valence-corrected chi connectivity index (χ0v) is 25.5. The van der Waals surface area contributed by atoms with Crippen LogP contribution >= 0.6 is 11.6 Å². The number of pyridine rings is 1. The predicted molar refractivity (Wildman–Crippen MR) is 171 cm³/mol. The molecular formula is C34H34ClFN6O3. The number of aromatic hydroxyl groups is 1. The Hall–Kier alpha value is -3.57. The third kappa shape index (κ3) is 4.26. The van der Waals surface area contributed by atoms with Gasteiger partial charge in [0, 0.05) is 34.6 Å². The topological polar surface area (TPSA) is 107 Å². The third-order valence-electron chi connectivity index (χ3n) is 10.8. The van der Waals surface area contributed by atoms with Crippen molar-refractivity contribution in [2.24, 2.45) is 0 Å². The van der Waals surface area contributed by atoms with Crippen molar-refractivity contribution in [2.45, 2.75) is 68.3 Å². The molecule has 0 radical (unpaired) electrons. The molecule has 4 unspecified atom stereocenters. The number of aliphatic hydroxyl groups excluding tert-OH is 1. The Kier molecular flexibility index (Phi) is 6.29. The molecular weight excluding hydrogens is 595 g/mol. The fourth-order valence-electron chi connectivity index (χ4n) is 8.74. The molecule has 9 nitrogen and oxygen atoms in total. The molecule has 4 saturated heterocycles. The lowest BCUT2D eigenvalue weighted by Gasteiger charge is -2.44. The van der Waals surface area contributed by atoms with Crippen molar-refractivity contribution in [1.29, 1.82) is 0 Å². The van der Waals surface area contributed by atoms with Gasteiger partial charge in [-0.2, -0.15) is 9.97 Å². The van der Waals surface area contributed by atoms with E-state index in [4.69, 9.17) is 31.3 Å². The molecule has 9 rings (SSSR count). The molecule has 11 heteroatoms. The van der Waals surface area contributed by atoms with Crippen LogP contribution in [0.5, 0.6) is 11.8 Å². The highest BCUT2D eigenvalue weighted by Crippen LogP contribution is 2.44. The molecule has 7 heterocycles. The number of hydrogen-bond acceptors (Lipinski definition) is 9. The summed E-state index contributed by atoms with van der Waals surface area (Å²) >= 11 is 6.65. The Morgan fingerprint density at radius 3 is 2.78 bits per heavy atom. The SMILES string of the molecule is Oc1cc(-c2nc3c4c(nc(OCC56CCCN5CCC6)nc4c2F)N2CC4CCC(N4)C2C(O)/C=C\3)c2c(Cl)cccc2c1. The molecule has 4 aromatic rings. The lowest BCUT2D eigenvalue weighted by Crippen LogP contribution is -2.62. The van der Waals surface area contributed by atoms with E-state index in [1.54, 1.807) is 30.4 Å². The van der Waals surface area contributed by atoms with Gasteiger partial charge in [-0.15, -0.1) is 0 Å². The maximum absolute atomic E-state index is 17.1. The molecule has 5 aliphatic heterocycles. The summed E-state index contributed by atoms with van der Waals surface area (Å²) in [6.45, 7) is 3.19. The second-order valence-electron chi connectivity index (χ2n) is 13.3. The van der Waals surface area contributed by atoms with E-state index in [9.17, 15) is 10.2 Å². The average Bonchev–Trinajstić information content (AvgIpc) is 3.72. The number of ether oxygens (including phenoxy) is 1. The van der Waals surface area contributed by atoms with Crippen molar-refractivity contribution in [3.63, 3.8) is 0 Å². The first-order chi connectivity index (χ1) is 21.9. The van der Waals surface area contributed by atoms with E-state index in [0.29, 0.717) is 51.4 Å². The minimum Gasteiger partial charge on any atom is -0.508 e. The molecule has 2 aromatic carbocycles. The van der Waals surface area contributed by atoms with E-state index < -0.39 is 11.9 Å². The number of aromatic nitrogens is 3. The zero-order chi connectivity index (χ0) is 30.4. The van der Waals surface area contributed by atoms with Crippen LogP contribution < -0.4 is 15.0 Å². The van der Waals surface area contributed by atoms with Crippen LogP contribution in [0.1, 0.15) is 44.2 Å². The van der Waals surface area contributed by atoms with E-state index in [1.165, 1.54) is 6.07 Å². The van der Waals surface area contributed by atoms with Gasteiger partial charge < -0.3 is 25.2 Å². The zero-order valence-electron chi connectivity index (χ0n) is 24.7. The fraction of sp³-hybridized carbons (Fsp3) is 0.441. The van der Waals surface area contributed by atoms with Gasteiger partial charge in [0.15, 0.2) is 5.82 Å². The number of fused-ring (bicyclic) bond motifs is 7. The Morgan fingerprint density at radius 1 is 1.09 bits per heavy atom. The van der Waals surface area contributed by atoms with Crippen molar-refractivity contribution in [3.05, 3.63) is 52.9 Å². The van der Waals surface area contributed by atoms with Crippen LogP contribution in [0.15, 0.2) is 36.4 Å². The lowest BCUT2D eigenvalue weighted by molar-refractivity contribution is 0.107. The molecule has 4 fully saturated rings. The highest BCUT2D eigenvalue weighted by molar-refractivity contribution is 6.36. The van der Waals surface area contributed by atoms with Gasteiger partial charge in [0.25, 0.3) is 0 Å². The fourth-order valence-corrected chi connectivity index (χ4v) is 9.02. The maximum atomic E-state index is 17.1. The highest BCUT2D eigenvalue weighted by Gasteiger charge is 2.47. The van der Waals surface area contributed by atoms with E-state index in [0.717, 1.165) is 51.6 Å². The number of benzene rings is 2. The number of rotatable bonds is 4. The van der Waals surface area contributed by atoms with Crippen molar-refractivity contribution >= 4 is 45.2 Å². The molecule has 45 heavy (non-hydrogen) atoms. The maximum Gasteiger partial charge on any atom is 0.319 e. The van der Waals surface area contributed by atoms with Crippen LogP contribution in [0.2, 0.25) is 5.02 Å². The minimum atomic E-state index is -0.806. The molecule has 4 atom stereocenters. The van der Waals surface area contributed by atoms with Gasteiger partial charge in [0.05, 0.1) is 28.8 Å². The lowest BCUT2D eigenvalue weighted by atomic mass is 9.94. The normalized spacial score (nSPS) is 27.4. The third-order valence-corrected chi connectivity index (χ3v) is 11.1. The minimum absolute atomic E-state index is 0.00935. The number of aliphatic hydroxyl groups is 1. The van der Waals surface area contributed by atoms with Crippen LogP contribution in [0.25, 0.3) is 39.0 Å². The monoisotopic (exact) mass is 628 g/mol. The van der Waals surface area contributed by atoms with Gasteiger partial charge in [-0.05, 0) is 81.3 Å². The second kappa shape index (κ2) is 10.2. The van der Waals surface area contributed by atoms with Crippen LogP contribution in [0.4, 0.5) is 10.2 Å². The summed E-state index contributed by atoms with van der Waals surface area (Å²) in [7, 11) is 0. The van der Waals surface area contributed by atoms with E-state index in [-0.39, 0.29) is 46.6 Å². The largest absolute Gasteiger partial charge is 0.508 e. The molecule has 2 aromatic heterocycles. The van der Waals surface area contributed by atoms with Crippen molar-refractivity contribution in [1.82, 2.24) is 25.2 Å². The quantitative estimate of drug-likeness (QED) is 0.286. The smallest absolute Gasteiger partial charge is 0.319 e. The summed E-state index contributed by atoms with van der Waals surface area (Å²) < 4.78 is 23.5. The first-order valence-corrected chi connectivity index (χ1v) is 16.4. The first kappa shape index (κ1) is 27.7. The molecule has 232 valence electrons. The number of hydrogen-bond donors (Lipinski definition) is 3. The summed E-state index contributed by atoms with van der Waals surface area (Å²) in [4.78, 5) is 19.2. The standard InChI is InChI=1S/C34H34ClFN6O3/c35-22-5-1-4-18-14-20(43)15-21(26(18)22)29-28(36)30-27-23(38-29)8-9-25(44)31-24-7-6-19(37-24)16-42(31)32(27)40-33(39-30)45-17-34-10-2-12-41(34)13-3-11-34/h1,4-5,8-9,14-15,19,24-25,31,37,43-44H,2-3,6-7,10-13,16-17H2/b9-8-. The van der Waals surface area contributed by atoms with Gasteiger partial charge in [-0.3, -0.25) is 4.90 Å². The predicted octanol–water partition coefficient (Wildman–Crippen LogP) is 5.05. The Balaban J connectivity index is 1.27. The van der Waals surface area contributed by atoms with Gasteiger partial charge in [-0.25, -0.2) is 9.37 Å². The van der Waals surface area contributed by atoms with Gasteiger partial charge in [-0.1, -0.05) is 29.8 Å². The van der Waals surface area contributed by atoms with E-state index >= 15 is 4.39 Å². The number of anilines is 1. The van der Waals surface area contributed by atoms with E-state index in [1.807, 2.05) is 6.07 Å². The summed E-state index contributed by atoms with van der Waals surface area (Å²) in [5.74, 6) is -0.140. The molecule has 0 amide bonds. The number of phenols is 1. The molecule has 5 aliphatic rings. The van der Waals surface area contributed by atoms with Crippen LogP contribution in [-0.4, -0.2) is 86.1 Å². The molecule has 3 N–H and O–H groups in total. The number of piperazine rings is 1. The molecule has 0 saturated carbocycles. The van der Waals surface area contributed by atoms with Crippen molar-refractivity contribution in [3.8, 4) is 23.0 Å². The van der Waals surface area contributed by atoms with Gasteiger partial charge in [0.2, 0.25) is 0 Å². The van der Waals surface area contributed by atoms with Crippen LogP contribution in [0, 0.1) is 5.82 Å². The number of phenolic OH excluding ortho intramolecular Hbond substituents is 1. The van der Waals surface area contributed by atoms with Crippen LogP contribution in [0.3, 0.4) is 0 Å². The Morgan fingerprint density at radius 2 is 1.93 bits per heavy atom. The average molecular weight is 629 g/mol. The number of nitrogens with zero attached hydrogens (tertiary/aromatic N) is 5. The van der Waals surface area contributed by atoms with Crippen molar-refractivity contribution < 1.29 is 19.3 Å². The summed E-state index contributed by atoms with van der Waals surface area (Å²) in [6, 6.07) is 8.57. The van der Waals surface area contributed by atoms with Crippen LogP contribution in [-0.2, 0) is 0 Å². The summed E-state index contributed by atoms with van der Waals surface area (Å²) in [5, 5.41) is 27.9. The Bertz CT molecular complexity index is 1890. The highest BCUT2D eigenvalue weighted by atomic mass is 35.5. The molecule has 0 aliphatic carbocycles. The number of halogens is 2. The Labute approximate surface area is 264 Å². The summed E-state index contributed by atoms with van der Waals surface area (Å²) in [5.41, 5.74) is 0.858. The molecule has 2 bridgehead atoms. The van der Waals surface area contributed by atoms with Gasteiger partial charge >= 0.3 is 6.01 Å².